The Labute approximate surface area is 200 Å². The lowest BCUT2D eigenvalue weighted by Crippen LogP contribution is -2.49. The Bertz CT molecular complexity index is 995. The number of carbonyl (C=O) groups is 2. The van der Waals surface area contributed by atoms with Crippen LogP contribution < -0.4 is 20.1 Å². The minimum absolute atomic E-state index is 0.0570. The van der Waals surface area contributed by atoms with Gasteiger partial charge in [0.15, 0.2) is 0 Å². The number of methoxy groups -OCH3 is 1. The molecule has 0 spiro atoms. The molecular formula is C25H34N4O5. The van der Waals surface area contributed by atoms with E-state index in [4.69, 9.17) is 9.47 Å². The van der Waals surface area contributed by atoms with Crippen LogP contribution in [-0.2, 0) is 0 Å². The van der Waals surface area contributed by atoms with Crippen LogP contribution in [0.2, 0.25) is 0 Å². The maximum absolute atomic E-state index is 13.4. The SMILES string of the molecule is COc1ccc(NC(=O)Nc2ccc3c(c2)C(=O)N([C@H](C)CO)C[C@@H](C)[C@@H](CN(C)C)O3)cc1. The zero-order valence-electron chi connectivity index (χ0n) is 20.4. The Kier molecular flexibility index (Phi) is 8.36. The molecule has 3 rings (SSSR count). The second-order valence-corrected chi connectivity index (χ2v) is 8.90. The molecule has 3 atom stereocenters. The number of urea groups is 1. The Balaban J connectivity index is 1.85. The highest BCUT2D eigenvalue weighted by molar-refractivity contribution is 6.02. The molecule has 1 aliphatic heterocycles. The van der Waals surface area contributed by atoms with E-state index in [-0.39, 0.29) is 30.6 Å². The number of benzene rings is 2. The van der Waals surface area contributed by atoms with Crippen molar-refractivity contribution in [2.45, 2.75) is 26.0 Å². The topological polar surface area (TPSA) is 103 Å². The lowest BCUT2D eigenvalue weighted by molar-refractivity contribution is 0.0363. The van der Waals surface area contributed by atoms with Crippen LogP contribution in [0.1, 0.15) is 24.2 Å². The van der Waals surface area contributed by atoms with Gasteiger partial charge in [-0.2, -0.15) is 0 Å². The number of aliphatic hydroxyl groups is 1. The first-order chi connectivity index (χ1) is 16.2. The minimum Gasteiger partial charge on any atom is -0.497 e. The van der Waals surface area contributed by atoms with Gasteiger partial charge in [-0.25, -0.2) is 4.79 Å². The number of aliphatic hydroxyl groups excluding tert-OH is 1. The third-order valence-electron chi connectivity index (χ3n) is 5.82. The summed E-state index contributed by atoms with van der Waals surface area (Å²) in [5, 5.41) is 15.3. The van der Waals surface area contributed by atoms with Crippen molar-refractivity contribution in [2.24, 2.45) is 5.92 Å². The third-order valence-corrected chi connectivity index (χ3v) is 5.82. The molecule has 184 valence electrons. The van der Waals surface area contributed by atoms with E-state index in [1.807, 2.05) is 32.8 Å². The standard InChI is InChI=1S/C25H34N4O5/c1-16-13-29(17(2)15-30)24(31)21-12-19(8-11-22(21)34-23(16)14-28(3)4)27-25(32)26-18-6-9-20(33-5)10-7-18/h6-12,16-17,23,30H,13-15H2,1-5H3,(H2,26,27,32)/t16-,17-,23-/m1/s1. The number of fused-ring (bicyclic) bond motifs is 1. The van der Waals surface area contributed by atoms with Crippen molar-refractivity contribution in [1.82, 2.24) is 9.80 Å². The summed E-state index contributed by atoms with van der Waals surface area (Å²) in [6.45, 7) is 4.85. The number of likely N-dealkylation sites (N-methyl/N-ethyl adjacent to an activating group) is 1. The Hall–Kier alpha value is -3.30. The van der Waals surface area contributed by atoms with E-state index >= 15 is 0 Å². The predicted molar refractivity (Wildman–Crippen MR) is 132 cm³/mol. The van der Waals surface area contributed by atoms with E-state index in [0.29, 0.717) is 41.5 Å². The number of rotatable bonds is 7. The van der Waals surface area contributed by atoms with Gasteiger partial charge in [-0.3, -0.25) is 4.79 Å². The van der Waals surface area contributed by atoms with Crippen LogP contribution in [0.5, 0.6) is 11.5 Å². The third kappa shape index (κ3) is 6.18. The van der Waals surface area contributed by atoms with Gasteiger partial charge < -0.3 is 35.0 Å². The van der Waals surface area contributed by atoms with Crippen molar-refractivity contribution in [1.29, 1.82) is 0 Å². The second kappa shape index (κ2) is 11.2. The summed E-state index contributed by atoms with van der Waals surface area (Å²) in [5.41, 5.74) is 1.40. The average Bonchev–Trinajstić information content (AvgIpc) is 2.81. The van der Waals surface area contributed by atoms with Gasteiger partial charge in [-0.05, 0) is 63.5 Å². The maximum Gasteiger partial charge on any atom is 0.323 e. The minimum atomic E-state index is -0.441. The van der Waals surface area contributed by atoms with Crippen LogP contribution in [0.25, 0.3) is 0 Å². The Morgan fingerprint density at radius 1 is 1.21 bits per heavy atom. The van der Waals surface area contributed by atoms with E-state index in [9.17, 15) is 14.7 Å². The molecule has 0 aromatic heterocycles. The summed E-state index contributed by atoms with van der Waals surface area (Å²) in [5.74, 6) is 0.960. The molecule has 1 aliphatic rings. The smallest absolute Gasteiger partial charge is 0.323 e. The van der Waals surface area contributed by atoms with Crippen molar-refractivity contribution in [2.75, 3.05) is 51.5 Å². The largest absolute Gasteiger partial charge is 0.497 e. The number of anilines is 2. The second-order valence-electron chi connectivity index (χ2n) is 8.90. The summed E-state index contributed by atoms with van der Waals surface area (Å²) in [6, 6.07) is 11.2. The van der Waals surface area contributed by atoms with E-state index in [1.54, 1.807) is 54.5 Å². The van der Waals surface area contributed by atoms with Crippen LogP contribution in [0.4, 0.5) is 16.2 Å². The first kappa shape index (κ1) is 25.3. The summed E-state index contributed by atoms with van der Waals surface area (Å²) in [7, 11) is 5.53. The van der Waals surface area contributed by atoms with Gasteiger partial charge in [0.05, 0.1) is 25.3 Å². The van der Waals surface area contributed by atoms with Crippen LogP contribution in [-0.4, -0.2) is 79.9 Å². The molecule has 0 radical (unpaired) electrons. The van der Waals surface area contributed by atoms with Crippen molar-refractivity contribution in [3.05, 3.63) is 48.0 Å². The Morgan fingerprint density at radius 2 is 1.85 bits per heavy atom. The number of hydrogen-bond acceptors (Lipinski definition) is 6. The van der Waals surface area contributed by atoms with Crippen molar-refractivity contribution < 1.29 is 24.2 Å². The van der Waals surface area contributed by atoms with Crippen LogP contribution >= 0.6 is 0 Å². The average molecular weight is 471 g/mol. The van der Waals surface area contributed by atoms with Gasteiger partial charge in [0, 0.05) is 30.4 Å². The summed E-state index contributed by atoms with van der Waals surface area (Å²) >= 11 is 0. The summed E-state index contributed by atoms with van der Waals surface area (Å²) in [6.07, 6.45) is -0.146. The lowest BCUT2D eigenvalue weighted by Gasteiger charge is -2.37. The molecule has 34 heavy (non-hydrogen) atoms. The first-order valence-corrected chi connectivity index (χ1v) is 11.3. The van der Waals surface area contributed by atoms with Crippen molar-refractivity contribution >= 4 is 23.3 Å². The van der Waals surface area contributed by atoms with Gasteiger partial charge in [-0.15, -0.1) is 0 Å². The Morgan fingerprint density at radius 3 is 2.47 bits per heavy atom. The number of nitrogens with one attached hydrogen (secondary N) is 2. The monoisotopic (exact) mass is 470 g/mol. The molecular weight excluding hydrogens is 436 g/mol. The fraction of sp³-hybridized carbons (Fsp3) is 0.440. The zero-order valence-corrected chi connectivity index (χ0v) is 20.4. The van der Waals surface area contributed by atoms with Gasteiger partial charge in [-0.1, -0.05) is 6.92 Å². The van der Waals surface area contributed by atoms with Gasteiger partial charge in [0.1, 0.15) is 17.6 Å². The van der Waals surface area contributed by atoms with E-state index in [0.717, 1.165) is 0 Å². The van der Waals surface area contributed by atoms with E-state index in [2.05, 4.69) is 10.6 Å². The highest BCUT2D eigenvalue weighted by Crippen LogP contribution is 2.30. The quantitative estimate of drug-likeness (QED) is 0.575. The highest BCUT2D eigenvalue weighted by Gasteiger charge is 2.33. The lowest BCUT2D eigenvalue weighted by atomic mass is 9.99. The summed E-state index contributed by atoms with van der Waals surface area (Å²) < 4.78 is 11.4. The normalized spacial score (nSPS) is 18.9. The van der Waals surface area contributed by atoms with E-state index < -0.39 is 6.03 Å². The number of hydrogen-bond donors (Lipinski definition) is 3. The van der Waals surface area contributed by atoms with E-state index in [1.165, 1.54) is 0 Å². The molecule has 9 heteroatoms. The molecule has 2 aromatic rings. The van der Waals surface area contributed by atoms with Crippen LogP contribution in [0.3, 0.4) is 0 Å². The molecule has 3 N–H and O–H groups in total. The predicted octanol–water partition coefficient (Wildman–Crippen LogP) is 3.12. The van der Waals surface area contributed by atoms with Crippen LogP contribution in [0, 0.1) is 5.92 Å². The van der Waals surface area contributed by atoms with Gasteiger partial charge >= 0.3 is 6.03 Å². The molecule has 0 saturated carbocycles. The molecule has 3 amide bonds. The number of ether oxygens (including phenoxy) is 2. The molecule has 2 aromatic carbocycles. The fourth-order valence-corrected chi connectivity index (χ4v) is 3.85. The van der Waals surface area contributed by atoms with Gasteiger partial charge in [0.2, 0.25) is 0 Å². The first-order valence-electron chi connectivity index (χ1n) is 11.3. The number of nitrogens with zero attached hydrogens (tertiary/aromatic N) is 2. The van der Waals surface area contributed by atoms with Crippen molar-refractivity contribution in [3.63, 3.8) is 0 Å². The molecule has 0 saturated heterocycles. The molecule has 0 bridgehead atoms. The molecule has 0 unspecified atom stereocenters. The van der Waals surface area contributed by atoms with Crippen molar-refractivity contribution in [3.8, 4) is 11.5 Å². The highest BCUT2D eigenvalue weighted by atomic mass is 16.5. The molecule has 9 nitrogen and oxygen atoms in total. The summed E-state index contributed by atoms with van der Waals surface area (Å²) in [4.78, 5) is 29.7. The number of amides is 3. The molecule has 1 heterocycles. The zero-order chi connectivity index (χ0) is 24.8. The molecule has 0 fully saturated rings. The number of carbonyl (C=O) groups excluding carboxylic acids is 2. The molecule has 0 aliphatic carbocycles. The van der Waals surface area contributed by atoms with Crippen LogP contribution in [0.15, 0.2) is 42.5 Å². The van der Waals surface area contributed by atoms with Gasteiger partial charge in [0.25, 0.3) is 5.91 Å². The fourth-order valence-electron chi connectivity index (χ4n) is 3.85. The maximum atomic E-state index is 13.4.